The van der Waals surface area contributed by atoms with Crippen molar-refractivity contribution >= 4 is 29.1 Å². The summed E-state index contributed by atoms with van der Waals surface area (Å²) in [6.07, 6.45) is 0. The second-order valence-corrected chi connectivity index (χ2v) is 7.53. The number of carbonyl (C=O) groups excluding carboxylic acids is 3. The molecule has 8 nitrogen and oxygen atoms in total. The Morgan fingerprint density at radius 1 is 0.969 bits per heavy atom. The van der Waals surface area contributed by atoms with Crippen LogP contribution < -0.4 is 15.4 Å². The van der Waals surface area contributed by atoms with Crippen LogP contribution in [0.4, 0.5) is 11.4 Å². The molecule has 0 aliphatic heterocycles. The van der Waals surface area contributed by atoms with Gasteiger partial charge in [0.25, 0.3) is 11.8 Å². The molecule has 0 aliphatic carbocycles. The Morgan fingerprint density at radius 2 is 1.62 bits per heavy atom. The average Bonchev–Trinajstić information content (AvgIpc) is 2.77. The van der Waals surface area contributed by atoms with Crippen molar-refractivity contribution in [2.24, 2.45) is 0 Å². The van der Waals surface area contributed by atoms with Crippen LogP contribution in [0.15, 0.2) is 42.5 Å². The summed E-state index contributed by atoms with van der Waals surface area (Å²) in [6.45, 7) is 7.02. The molecule has 0 aromatic heterocycles. The Hall–Kier alpha value is -3.55. The summed E-state index contributed by atoms with van der Waals surface area (Å²) in [5, 5.41) is 5.85. The van der Waals surface area contributed by atoms with E-state index in [0.717, 1.165) is 5.56 Å². The van der Waals surface area contributed by atoms with E-state index in [1.54, 1.807) is 43.3 Å². The number of hydrogen-bond donors (Lipinski definition) is 2. The van der Waals surface area contributed by atoms with E-state index in [-0.39, 0.29) is 30.9 Å². The Balaban J connectivity index is 1.95. The van der Waals surface area contributed by atoms with Gasteiger partial charge in [0.2, 0.25) is 5.91 Å². The van der Waals surface area contributed by atoms with Crippen LogP contribution in [-0.4, -0.2) is 67.9 Å². The maximum Gasteiger partial charge on any atom is 0.259 e. The van der Waals surface area contributed by atoms with Gasteiger partial charge < -0.3 is 25.2 Å². The van der Waals surface area contributed by atoms with E-state index in [0.29, 0.717) is 35.8 Å². The first kappa shape index (κ1) is 24.7. The van der Waals surface area contributed by atoms with Gasteiger partial charge in [-0.25, -0.2) is 0 Å². The predicted molar refractivity (Wildman–Crippen MR) is 126 cm³/mol. The van der Waals surface area contributed by atoms with Crippen molar-refractivity contribution in [2.45, 2.75) is 20.8 Å². The van der Waals surface area contributed by atoms with Crippen LogP contribution in [0.25, 0.3) is 0 Å². The molecule has 172 valence electrons. The maximum atomic E-state index is 12.4. The van der Waals surface area contributed by atoms with Crippen LogP contribution in [0.3, 0.4) is 0 Å². The highest BCUT2D eigenvalue weighted by molar-refractivity contribution is 5.96. The summed E-state index contributed by atoms with van der Waals surface area (Å²) < 4.78 is 5.64. The quantitative estimate of drug-likeness (QED) is 0.593. The zero-order valence-corrected chi connectivity index (χ0v) is 19.4. The fraction of sp³-hybridized carbons (Fsp3) is 0.375. The lowest BCUT2D eigenvalue weighted by Gasteiger charge is -2.18. The van der Waals surface area contributed by atoms with Crippen LogP contribution in [-0.2, 0) is 9.59 Å². The fourth-order valence-electron chi connectivity index (χ4n) is 2.93. The highest BCUT2D eigenvalue weighted by Gasteiger charge is 2.13. The van der Waals surface area contributed by atoms with Crippen molar-refractivity contribution < 1.29 is 19.1 Å². The smallest absolute Gasteiger partial charge is 0.259 e. The summed E-state index contributed by atoms with van der Waals surface area (Å²) in [5.74, 6) is 0.0725. The highest BCUT2D eigenvalue weighted by Crippen LogP contribution is 2.25. The lowest BCUT2D eigenvalue weighted by molar-refractivity contribution is -0.130. The molecule has 0 fully saturated rings. The second kappa shape index (κ2) is 11.7. The number of benzene rings is 2. The molecule has 0 saturated heterocycles. The molecule has 0 atom stereocenters. The van der Waals surface area contributed by atoms with Gasteiger partial charge in [0.05, 0.1) is 12.2 Å². The highest BCUT2D eigenvalue weighted by atomic mass is 16.5. The van der Waals surface area contributed by atoms with Gasteiger partial charge in [-0.05, 0) is 62.7 Å². The normalized spacial score (nSPS) is 10.3. The largest absolute Gasteiger partial charge is 0.482 e. The van der Waals surface area contributed by atoms with Crippen LogP contribution in [0.1, 0.15) is 29.8 Å². The van der Waals surface area contributed by atoms with Gasteiger partial charge in [0.1, 0.15) is 5.75 Å². The first-order valence-corrected chi connectivity index (χ1v) is 10.6. The monoisotopic (exact) mass is 440 g/mol. The standard InChI is InChI=1S/C24H32N4O4/c1-6-28(7-2)24(31)18-9-11-19(12-10-18)26-22(29)15-25-20-13-8-17(3)14-21(20)32-16-23(30)27(4)5/h8-14,25H,6-7,15-16H2,1-5H3,(H,26,29). The van der Waals surface area contributed by atoms with E-state index in [9.17, 15) is 14.4 Å². The molecular weight excluding hydrogens is 408 g/mol. The van der Waals surface area contributed by atoms with Crippen LogP contribution in [0.5, 0.6) is 5.75 Å². The number of amides is 3. The van der Waals surface area contributed by atoms with E-state index in [2.05, 4.69) is 10.6 Å². The van der Waals surface area contributed by atoms with Crippen molar-refractivity contribution in [3.63, 3.8) is 0 Å². The molecule has 2 rings (SSSR count). The van der Waals surface area contributed by atoms with E-state index in [1.165, 1.54) is 4.90 Å². The van der Waals surface area contributed by atoms with Gasteiger partial charge in [-0.15, -0.1) is 0 Å². The van der Waals surface area contributed by atoms with Crippen molar-refractivity contribution in [3.05, 3.63) is 53.6 Å². The third kappa shape index (κ3) is 7.01. The SMILES string of the molecule is CCN(CC)C(=O)c1ccc(NC(=O)CNc2ccc(C)cc2OCC(=O)N(C)C)cc1. The Labute approximate surface area is 189 Å². The van der Waals surface area contributed by atoms with Crippen molar-refractivity contribution in [2.75, 3.05) is 51.0 Å². The zero-order chi connectivity index (χ0) is 23.7. The lowest BCUT2D eigenvalue weighted by atomic mass is 10.1. The van der Waals surface area contributed by atoms with Gasteiger partial charge >= 0.3 is 0 Å². The van der Waals surface area contributed by atoms with Crippen molar-refractivity contribution in [3.8, 4) is 5.75 Å². The van der Waals surface area contributed by atoms with Crippen molar-refractivity contribution in [1.82, 2.24) is 9.80 Å². The number of aryl methyl sites for hydroxylation is 1. The van der Waals surface area contributed by atoms with Gasteiger partial charge in [0.15, 0.2) is 6.61 Å². The Bertz CT molecular complexity index is 938. The number of nitrogens with zero attached hydrogens (tertiary/aromatic N) is 2. The molecule has 2 N–H and O–H groups in total. The zero-order valence-electron chi connectivity index (χ0n) is 19.4. The number of likely N-dealkylation sites (N-methyl/N-ethyl adjacent to an activating group) is 1. The maximum absolute atomic E-state index is 12.4. The van der Waals surface area contributed by atoms with E-state index < -0.39 is 0 Å². The van der Waals surface area contributed by atoms with Crippen LogP contribution >= 0.6 is 0 Å². The third-order valence-electron chi connectivity index (χ3n) is 4.89. The molecule has 0 heterocycles. The first-order chi connectivity index (χ1) is 15.2. The minimum atomic E-state index is -0.247. The Kier molecular flexibility index (Phi) is 9.07. The summed E-state index contributed by atoms with van der Waals surface area (Å²) in [7, 11) is 3.33. The summed E-state index contributed by atoms with van der Waals surface area (Å²) in [4.78, 5) is 39.8. The number of ether oxygens (including phenoxy) is 1. The molecule has 0 saturated carbocycles. The minimum Gasteiger partial charge on any atom is -0.482 e. The van der Waals surface area contributed by atoms with Crippen LogP contribution in [0.2, 0.25) is 0 Å². The molecule has 3 amide bonds. The molecule has 0 radical (unpaired) electrons. The van der Waals surface area contributed by atoms with E-state index in [1.807, 2.05) is 39.0 Å². The summed E-state index contributed by atoms with van der Waals surface area (Å²) in [5.41, 5.74) is 2.78. The van der Waals surface area contributed by atoms with Crippen molar-refractivity contribution in [1.29, 1.82) is 0 Å². The van der Waals surface area contributed by atoms with Crippen LogP contribution in [0, 0.1) is 6.92 Å². The van der Waals surface area contributed by atoms with E-state index in [4.69, 9.17) is 4.74 Å². The number of anilines is 2. The molecule has 0 aliphatic rings. The molecule has 2 aromatic carbocycles. The molecule has 8 heteroatoms. The average molecular weight is 441 g/mol. The molecule has 0 bridgehead atoms. The summed E-state index contributed by atoms with van der Waals surface area (Å²) in [6, 6.07) is 12.4. The molecule has 2 aromatic rings. The summed E-state index contributed by atoms with van der Waals surface area (Å²) >= 11 is 0. The lowest BCUT2D eigenvalue weighted by Crippen LogP contribution is -2.30. The Morgan fingerprint density at radius 3 is 2.22 bits per heavy atom. The minimum absolute atomic E-state index is 0.0151. The fourth-order valence-corrected chi connectivity index (χ4v) is 2.93. The molecule has 0 spiro atoms. The number of hydrogen-bond acceptors (Lipinski definition) is 5. The molecule has 0 unspecified atom stereocenters. The predicted octanol–water partition coefficient (Wildman–Crippen LogP) is 2.99. The van der Waals surface area contributed by atoms with Gasteiger partial charge in [-0.1, -0.05) is 6.07 Å². The molecule has 32 heavy (non-hydrogen) atoms. The molecular formula is C24H32N4O4. The van der Waals surface area contributed by atoms with Gasteiger partial charge in [-0.3, -0.25) is 14.4 Å². The number of rotatable bonds is 10. The van der Waals surface area contributed by atoms with Gasteiger partial charge in [0, 0.05) is 38.4 Å². The van der Waals surface area contributed by atoms with Gasteiger partial charge in [-0.2, -0.15) is 0 Å². The third-order valence-corrected chi connectivity index (χ3v) is 4.89. The second-order valence-electron chi connectivity index (χ2n) is 7.53. The van der Waals surface area contributed by atoms with E-state index >= 15 is 0 Å². The number of nitrogens with one attached hydrogen (secondary N) is 2. The first-order valence-electron chi connectivity index (χ1n) is 10.6. The topological polar surface area (TPSA) is 91.0 Å². The number of carbonyl (C=O) groups is 3.